The maximum absolute atomic E-state index is 13.2. The zero-order valence-corrected chi connectivity index (χ0v) is 19.8. The fourth-order valence-electron chi connectivity index (χ4n) is 3.61. The number of benzene rings is 2. The highest BCUT2D eigenvalue weighted by atomic mass is 127. The van der Waals surface area contributed by atoms with Crippen molar-refractivity contribution in [3.05, 3.63) is 63.4 Å². The van der Waals surface area contributed by atoms with Crippen molar-refractivity contribution >= 4 is 45.2 Å². The number of ether oxygens (including phenoxy) is 1. The molecular formula is C25H31IN2O3. The summed E-state index contributed by atoms with van der Waals surface area (Å²) in [6.45, 7) is 5.82. The van der Waals surface area contributed by atoms with E-state index >= 15 is 0 Å². The van der Waals surface area contributed by atoms with E-state index in [2.05, 4.69) is 36.4 Å². The Labute approximate surface area is 198 Å². The SMILES string of the molecule is C.CCCN(CCC)C(=O)Cn1cc(C(=O)c2ccc(I)cc2)c2ccc(OC)cc21. The highest BCUT2D eigenvalue weighted by molar-refractivity contribution is 14.1. The largest absolute Gasteiger partial charge is 0.497 e. The Morgan fingerprint density at radius 3 is 2.26 bits per heavy atom. The van der Waals surface area contributed by atoms with Gasteiger partial charge < -0.3 is 14.2 Å². The van der Waals surface area contributed by atoms with Crippen LogP contribution in [0.1, 0.15) is 50.0 Å². The van der Waals surface area contributed by atoms with Gasteiger partial charge in [-0.2, -0.15) is 0 Å². The summed E-state index contributed by atoms with van der Waals surface area (Å²) < 4.78 is 8.33. The smallest absolute Gasteiger partial charge is 0.242 e. The summed E-state index contributed by atoms with van der Waals surface area (Å²) in [7, 11) is 1.61. The number of ketones is 1. The number of hydrogen-bond acceptors (Lipinski definition) is 3. The molecule has 1 amide bonds. The lowest BCUT2D eigenvalue weighted by Crippen LogP contribution is -2.35. The van der Waals surface area contributed by atoms with Crippen LogP contribution in [0.15, 0.2) is 48.7 Å². The number of amides is 1. The van der Waals surface area contributed by atoms with Crippen LogP contribution in [0, 0.1) is 3.57 Å². The summed E-state index contributed by atoms with van der Waals surface area (Å²) in [6.07, 6.45) is 3.64. The van der Waals surface area contributed by atoms with Crippen molar-refractivity contribution in [2.45, 2.75) is 40.7 Å². The highest BCUT2D eigenvalue weighted by Crippen LogP contribution is 2.28. The Balaban J connectivity index is 0.00000341. The fourth-order valence-corrected chi connectivity index (χ4v) is 3.97. The molecule has 0 fully saturated rings. The lowest BCUT2D eigenvalue weighted by Gasteiger charge is -2.22. The molecule has 0 aliphatic heterocycles. The third kappa shape index (κ3) is 5.67. The molecule has 0 aliphatic carbocycles. The van der Waals surface area contributed by atoms with Crippen LogP contribution in [0.4, 0.5) is 0 Å². The molecule has 0 unspecified atom stereocenters. The Kier molecular flexibility index (Phi) is 9.10. The van der Waals surface area contributed by atoms with Crippen LogP contribution in [0.3, 0.4) is 0 Å². The minimum atomic E-state index is -0.0493. The maximum atomic E-state index is 13.2. The number of halogens is 1. The predicted molar refractivity (Wildman–Crippen MR) is 135 cm³/mol. The quantitative estimate of drug-likeness (QED) is 0.259. The highest BCUT2D eigenvalue weighted by Gasteiger charge is 2.20. The van der Waals surface area contributed by atoms with Gasteiger partial charge in [0.05, 0.1) is 12.6 Å². The van der Waals surface area contributed by atoms with Gasteiger partial charge in [0.15, 0.2) is 5.78 Å². The van der Waals surface area contributed by atoms with Crippen LogP contribution in [-0.4, -0.2) is 41.4 Å². The molecule has 5 nitrogen and oxygen atoms in total. The Bertz CT molecular complexity index is 1030. The average molecular weight is 534 g/mol. The Morgan fingerprint density at radius 1 is 1.03 bits per heavy atom. The summed E-state index contributed by atoms with van der Waals surface area (Å²) in [6, 6.07) is 13.2. The summed E-state index contributed by atoms with van der Waals surface area (Å²) >= 11 is 2.22. The molecule has 2 aromatic carbocycles. The predicted octanol–water partition coefficient (Wildman–Crippen LogP) is 5.77. The van der Waals surface area contributed by atoms with Crippen LogP contribution < -0.4 is 4.74 Å². The molecule has 0 bridgehead atoms. The van der Waals surface area contributed by atoms with E-state index < -0.39 is 0 Å². The third-order valence-corrected chi connectivity index (χ3v) is 5.80. The molecule has 3 aromatic rings. The second kappa shape index (κ2) is 11.3. The van der Waals surface area contributed by atoms with Crippen molar-refractivity contribution in [3.63, 3.8) is 0 Å². The number of carbonyl (C=O) groups excluding carboxylic acids is 2. The second-order valence-corrected chi connectivity index (χ2v) is 8.52. The Morgan fingerprint density at radius 2 is 1.68 bits per heavy atom. The minimum Gasteiger partial charge on any atom is -0.497 e. The summed E-state index contributed by atoms with van der Waals surface area (Å²) in [4.78, 5) is 28.1. The van der Waals surface area contributed by atoms with Crippen LogP contribution in [0.2, 0.25) is 0 Å². The zero-order valence-electron chi connectivity index (χ0n) is 17.7. The molecule has 0 spiro atoms. The van der Waals surface area contributed by atoms with Crippen LogP contribution in [0.5, 0.6) is 5.75 Å². The van der Waals surface area contributed by atoms with Gasteiger partial charge in [-0.25, -0.2) is 0 Å². The molecule has 166 valence electrons. The fraction of sp³-hybridized carbons (Fsp3) is 0.360. The van der Waals surface area contributed by atoms with Gasteiger partial charge in [-0.3, -0.25) is 9.59 Å². The van der Waals surface area contributed by atoms with E-state index in [1.54, 1.807) is 13.3 Å². The topological polar surface area (TPSA) is 51.5 Å². The van der Waals surface area contributed by atoms with Gasteiger partial charge in [0.2, 0.25) is 5.91 Å². The molecule has 1 heterocycles. The van der Waals surface area contributed by atoms with Crippen molar-refractivity contribution in [1.82, 2.24) is 9.47 Å². The molecule has 0 saturated carbocycles. The van der Waals surface area contributed by atoms with Crippen molar-refractivity contribution in [3.8, 4) is 5.75 Å². The lowest BCUT2D eigenvalue weighted by molar-refractivity contribution is -0.131. The average Bonchev–Trinajstić information content (AvgIpc) is 3.11. The number of hydrogen-bond donors (Lipinski definition) is 0. The van der Waals surface area contributed by atoms with Crippen molar-refractivity contribution in [2.24, 2.45) is 0 Å². The van der Waals surface area contributed by atoms with Crippen LogP contribution >= 0.6 is 22.6 Å². The Hall–Kier alpha value is -2.35. The third-order valence-electron chi connectivity index (χ3n) is 5.09. The summed E-state index contributed by atoms with van der Waals surface area (Å²) in [5, 5.41) is 0.824. The van der Waals surface area contributed by atoms with E-state index in [-0.39, 0.29) is 25.7 Å². The molecular weight excluding hydrogens is 503 g/mol. The number of aromatic nitrogens is 1. The molecule has 0 N–H and O–H groups in total. The zero-order chi connectivity index (χ0) is 21.7. The van der Waals surface area contributed by atoms with Gasteiger partial charge in [0, 0.05) is 45.4 Å². The number of nitrogens with zero attached hydrogens (tertiary/aromatic N) is 2. The molecule has 0 radical (unpaired) electrons. The van der Waals surface area contributed by atoms with Gasteiger partial charge in [0.25, 0.3) is 0 Å². The number of carbonyl (C=O) groups is 2. The molecule has 3 rings (SSSR count). The normalized spacial score (nSPS) is 10.6. The van der Waals surface area contributed by atoms with Crippen molar-refractivity contribution < 1.29 is 14.3 Å². The van der Waals surface area contributed by atoms with Gasteiger partial charge >= 0.3 is 0 Å². The monoisotopic (exact) mass is 534 g/mol. The first-order chi connectivity index (χ1) is 14.5. The lowest BCUT2D eigenvalue weighted by atomic mass is 10.0. The first-order valence-electron chi connectivity index (χ1n) is 10.2. The van der Waals surface area contributed by atoms with Gasteiger partial charge in [-0.05, 0) is 71.8 Å². The van der Waals surface area contributed by atoms with Crippen molar-refractivity contribution in [1.29, 1.82) is 0 Å². The van der Waals surface area contributed by atoms with Gasteiger partial charge in [-0.15, -0.1) is 0 Å². The number of rotatable bonds is 9. The molecule has 0 atom stereocenters. The minimum absolute atomic E-state index is 0. The molecule has 6 heteroatoms. The molecule has 1 aromatic heterocycles. The van der Waals surface area contributed by atoms with Crippen LogP contribution in [0.25, 0.3) is 10.9 Å². The first kappa shape index (κ1) is 24.9. The van der Waals surface area contributed by atoms with Crippen LogP contribution in [-0.2, 0) is 11.3 Å². The number of methoxy groups -OCH3 is 1. The standard InChI is InChI=1S/C24H27IN2O3.CH4/c1-4-12-26(13-5-2)23(28)16-27-15-21(20-11-10-19(30-3)14-22(20)27)24(29)17-6-8-18(25)9-7-17;/h6-11,14-15H,4-5,12-13,16H2,1-3H3;1H4. The van der Waals surface area contributed by atoms with Gasteiger partial charge in [0.1, 0.15) is 12.3 Å². The first-order valence-corrected chi connectivity index (χ1v) is 11.3. The van der Waals surface area contributed by atoms with E-state index in [9.17, 15) is 9.59 Å². The molecule has 0 aliphatic rings. The van der Waals surface area contributed by atoms with E-state index in [0.717, 1.165) is 40.4 Å². The van der Waals surface area contributed by atoms with E-state index in [4.69, 9.17) is 4.74 Å². The number of fused-ring (bicyclic) bond motifs is 1. The van der Waals surface area contributed by atoms with E-state index in [0.29, 0.717) is 16.9 Å². The summed E-state index contributed by atoms with van der Waals surface area (Å²) in [5.74, 6) is 0.708. The van der Waals surface area contributed by atoms with E-state index in [1.165, 1.54) is 0 Å². The maximum Gasteiger partial charge on any atom is 0.242 e. The van der Waals surface area contributed by atoms with Crippen molar-refractivity contribution in [2.75, 3.05) is 20.2 Å². The second-order valence-electron chi connectivity index (χ2n) is 7.27. The molecule has 31 heavy (non-hydrogen) atoms. The van der Waals surface area contributed by atoms with Gasteiger partial charge in [-0.1, -0.05) is 21.3 Å². The van der Waals surface area contributed by atoms with E-state index in [1.807, 2.05) is 51.9 Å². The summed E-state index contributed by atoms with van der Waals surface area (Å²) in [5.41, 5.74) is 2.05. The molecule has 0 saturated heterocycles.